The number of carbonyl (C=O) groups is 3. The largest absolute Gasteiger partial charge is 0.469 e. The maximum atomic E-state index is 12.6. The number of piperidine rings is 1. The summed E-state index contributed by atoms with van der Waals surface area (Å²) in [7, 11) is 1.40. The Bertz CT molecular complexity index is 902. The monoisotopic (exact) mass is 399 g/mol. The number of rotatable bonds is 6. The van der Waals surface area contributed by atoms with Gasteiger partial charge in [0.05, 0.1) is 18.1 Å². The third kappa shape index (κ3) is 4.44. The van der Waals surface area contributed by atoms with E-state index in [-0.39, 0.29) is 36.7 Å². The van der Waals surface area contributed by atoms with Crippen molar-refractivity contribution >= 4 is 28.7 Å². The highest BCUT2D eigenvalue weighted by Crippen LogP contribution is 2.35. The lowest BCUT2D eigenvalue weighted by Gasteiger charge is -2.39. The molecule has 0 aliphatic carbocycles. The van der Waals surface area contributed by atoms with Gasteiger partial charge >= 0.3 is 5.97 Å². The van der Waals surface area contributed by atoms with E-state index in [0.29, 0.717) is 18.7 Å². The summed E-state index contributed by atoms with van der Waals surface area (Å²) in [4.78, 5) is 42.1. The van der Waals surface area contributed by atoms with Crippen LogP contribution in [0.2, 0.25) is 0 Å². The Hall–Kier alpha value is -2.83. The minimum Gasteiger partial charge on any atom is -0.469 e. The molecule has 2 amide bonds. The molecule has 7 nitrogen and oxygen atoms in total. The van der Waals surface area contributed by atoms with Gasteiger partial charge in [0.2, 0.25) is 5.91 Å². The number of benzene rings is 1. The third-order valence-corrected chi connectivity index (χ3v) is 5.96. The summed E-state index contributed by atoms with van der Waals surface area (Å²) < 4.78 is 4.93. The van der Waals surface area contributed by atoms with E-state index in [4.69, 9.17) is 4.74 Å². The van der Waals surface area contributed by atoms with Crippen molar-refractivity contribution < 1.29 is 19.1 Å². The second-order valence-corrected chi connectivity index (χ2v) is 8.15. The summed E-state index contributed by atoms with van der Waals surface area (Å²) in [5, 5.41) is 3.70. The summed E-state index contributed by atoms with van der Waals surface area (Å²) in [6, 6.07) is 7.60. The van der Waals surface area contributed by atoms with Crippen molar-refractivity contribution in [3.05, 3.63) is 36.0 Å². The molecule has 1 fully saturated rings. The van der Waals surface area contributed by atoms with Gasteiger partial charge < -0.3 is 19.9 Å². The molecule has 2 heterocycles. The first-order valence-electron chi connectivity index (χ1n) is 10.0. The van der Waals surface area contributed by atoms with Crippen molar-refractivity contribution in [1.82, 2.24) is 15.2 Å². The van der Waals surface area contributed by atoms with Crippen molar-refractivity contribution in [2.45, 2.75) is 33.1 Å². The van der Waals surface area contributed by atoms with Gasteiger partial charge in [0.1, 0.15) is 0 Å². The third-order valence-electron chi connectivity index (χ3n) is 5.96. The molecule has 0 bridgehead atoms. The Labute approximate surface area is 170 Å². The molecule has 3 rings (SSSR count). The highest BCUT2D eigenvalue weighted by atomic mass is 16.5. The predicted octanol–water partition coefficient (Wildman–Crippen LogP) is 2.73. The van der Waals surface area contributed by atoms with E-state index in [9.17, 15) is 14.4 Å². The van der Waals surface area contributed by atoms with E-state index in [0.717, 1.165) is 23.7 Å². The number of nitrogens with one attached hydrogen (secondary N) is 2. The summed E-state index contributed by atoms with van der Waals surface area (Å²) in [5.74, 6) is -0.385. The SMILES string of the molecule is COC(=O)C(C)(C)[C@H]1CCCN(C(=O)CCNC(=O)c2c[nH]c3ccccc23)C1. The number of hydrogen-bond acceptors (Lipinski definition) is 4. The Balaban J connectivity index is 1.52. The van der Waals surface area contributed by atoms with Crippen molar-refractivity contribution in [3.63, 3.8) is 0 Å². The maximum absolute atomic E-state index is 12.6. The van der Waals surface area contributed by atoms with Crippen LogP contribution in [-0.2, 0) is 14.3 Å². The molecule has 1 aromatic heterocycles. The molecule has 1 aliphatic heterocycles. The van der Waals surface area contributed by atoms with Crippen molar-refractivity contribution in [3.8, 4) is 0 Å². The number of fused-ring (bicyclic) bond motifs is 1. The van der Waals surface area contributed by atoms with Gasteiger partial charge in [-0.1, -0.05) is 18.2 Å². The van der Waals surface area contributed by atoms with E-state index < -0.39 is 5.41 Å². The molecule has 1 atom stereocenters. The Morgan fingerprint density at radius 1 is 1.28 bits per heavy atom. The zero-order valence-corrected chi connectivity index (χ0v) is 17.3. The number of likely N-dealkylation sites (tertiary alicyclic amines) is 1. The zero-order chi connectivity index (χ0) is 21.0. The summed E-state index contributed by atoms with van der Waals surface area (Å²) in [6.07, 6.45) is 3.67. The maximum Gasteiger partial charge on any atom is 0.311 e. The second-order valence-electron chi connectivity index (χ2n) is 8.15. The van der Waals surface area contributed by atoms with Gasteiger partial charge in [-0.3, -0.25) is 14.4 Å². The molecule has 156 valence electrons. The normalized spacial score (nSPS) is 17.2. The zero-order valence-electron chi connectivity index (χ0n) is 17.3. The molecule has 7 heteroatoms. The average molecular weight is 399 g/mol. The van der Waals surface area contributed by atoms with Crippen LogP contribution in [0, 0.1) is 11.3 Å². The van der Waals surface area contributed by atoms with Crippen LogP contribution < -0.4 is 5.32 Å². The van der Waals surface area contributed by atoms with Gasteiger partial charge in [-0.15, -0.1) is 0 Å². The lowest BCUT2D eigenvalue weighted by Crippen LogP contribution is -2.47. The molecule has 1 aliphatic rings. The highest BCUT2D eigenvalue weighted by molar-refractivity contribution is 6.06. The molecule has 0 unspecified atom stereocenters. The van der Waals surface area contributed by atoms with Crippen molar-refractivity contribution in [2.24, 2.45) is 11.3 Å². The van der Waals surface area contributed by atoms with Gasteiger partial charge in [0.25, 0.3) is 5.91 Å². The van der Waals surface area contributed by atoms with E-state index in [2.05, 4.69) is 10.3 Å². The first kappa shape index (κ1) is 20.9. The van der Waals surface area contributed by atoms with E-state index in [1.54, 1.807) is 11.1 Å². The van der Waals surface area contributed by atoms with Gasteiger partial charge in [-0.05, 0) is 38.7 Å². The first-order chi connectivity index (χ1) is 13.8. The minimum absolute atomic E-state index is 0.00501. The van der Waals surface area contributed by atoms with Crippen LogP contribution in [0.1, 0.15) is 43.5 Å². The molecule has 1 aromatic carbocycles. The fourth-order valence-electron chi connectivity index (χ4n) is 4.02. The molecule has 0 saturated carbocycles. The number of carbonyl (C=O) groups excluding carboxylic acids is 3. The lowest BCUT2D eigenvalue weighted by atomic mass is 9.74. The number of aromatic amines is 1. The first-order valence-corrected chi connectivity index (χ1v) is 10.0. The van der Waals surface area contributed by atoms with Gasteiger partial charge in [0.15, 0.2) is 0 Å². The summed E-state index contributed by atoms with van der Waals surface area (Å²) in [6.45, 7) is 5.25. The van der Waals surface area contributed by atoms with Crippen LogP contribution in [0.15, 0.2) is 30.5 Å². The standard InChI is InChI=1S/C22H29N3O4/c1-22(2,21(28)29-3)15-7-6-12-25(14-15)19(26)10-11-23-20(27)17-13-24-18-9-5-4-8-16(17)18/h4-5,8-9,13,15,24H,6-7,10-12,14H2,1-3H3,(H,23,27)/t15-/m0/s1. The Morgan fingerprint density at radius 2 is 2.03 bits per heavy atom. The van der Waals surface area contributed by atoms with Gasteiger partial charge in [0, 0.05) is 43.2 Å². The molecule has 29 heavy (non-hydrogen) atoms. The minimum atomic E-state index is -0.628. The van der Waals surface area contributed by atoms with Gasteiger partial charge in [-0.25, -0.2) is 0 Å². The smallest absolute Gasteiger partial charge is 0.311 e. The number of aromatic nitrogens is 1. The number of amides is 2. The Kier molecular flexibility index (Phi) is 6.25. The lowest BCUT2D eigenvalue weighted by molar-refractivity contribution is -0.156. The van der Waals surface area contributed by atoms with E-state index in [1.807, 2.05) is 38.1 Å². The molecule has 2 N–H and O–H groups in total. The topological polar surface area (TPSA) is 91.5 Å². The molecule has 0 radical (unpaired) electrons. The van der Waals surface area contributed by atoms with Crippen LogP contribution in [-0.4, -0.2) is 54.4 Å². The molecule has 0 spiro atoms. The summed E-state index contributed by atoms with van der Waals surface area (Å²) in [5.41, 5.74) is 0.851. The number of hydrogen-bond donors (Lipinski definition) is 2. The quantitative estimate of drug-likeness (QED) is 0.731. The van der Waals surface area contributed by atoms with E-state index in [1.165, 1.54) is 7.11 Å². The molecular formula is C22H29N3O4. The van der Waals surface area contributed by atoms with Crippen LogP contribution in [0.25, 0.3) is 10.9 Å². The molecule has 2 aromatic rings. The summed E-state index contributed by atoms with van der Waals surface area (Å²) >= 11 is 0. The number of H-pyrrole nitrogens is 1. The predicted molar refractivity (Wildman–Crippen MR) is 110 cm³/mol. The van der Waals surface area contributed by atoms with Crippen molar-refractivity contribution in [1.29, 1.82) is 0 Å². The van der Waals surface area contributed by atoms with E-state index >= 15 is 0 Å². The molecular weight excluding hydrogens is 370 g/mol. The van der Waals surface area contributed by atoms with Crippen LogP contribution in [0.4, 0.5) is 0 Å². The number of para-hydroxylation sites is 1. The van der Waals surface area contributed by atoms with Crippen LogP contribution >= 0.6 is 0 Å². The fourth-order valence-corrected chi connectivity index (χ4v) is 4.02. The average Bonchev–Trinajstić information content (AvgIpc) is 3.17. The fraction of sp³-hybridized carbons (Fsp3) is 0.500. The van der Waals surface area contributed by atoms with Crippen LogP contribution in [0.3, 0.4) is 0 Å². The van der Waals surface area contributed by atoms with Crippen LogP contribution in [0.5, 0.6) is 0 Å². The van der Waals surface area contributed by atoms with Gasteiger partial charge in [-0.2, -0.15) is 0 Å². The second kappa shape index (κ2) is 8.68. The number of methoxy groups -OCH3 is 1. The Morgan fingerprint density at radius 3 is 2.79 bits per heavy atom. The number of ether oxygens (including phenoxy) is 1. The number of nitrogens with zero attached hydrogens (tertiary/aromatic N) is 1. The highest BCUT2D eigenvalue weighted by Gasteiger charge is 2.40. The molecule has 1 saturated heterocycles. The number of esters is 1. The van der Waals surface area contributed by atoms with Crippen molar-refractivity contribution in [2.75, 3.05) is 26.7 Å².